The summed E-state index contributed by atoms with van der Waals surface area (Å²) in [5.41, 5.74) is 0. The molecule has 0 unspecified atom stereocenters. The molecule has 0 radical (unpaired) electrons. The van der Waals surface area contributed by atoms with Gasteiger partial charge in [-0.25, -0.2) is 0 Å². The normalized spacial score (nSPS) is 19.8. The van der Waals surface area contributed by atoms with E-state index in [2.05, 4.69) is 43.2 Å². The summed E-state index contributed by atoms with van der Waals surface area (Å²) in [5, 5.41) is 11.4. The molecule has 1 rings (SSSR count). The Morgan fingerprint density at radius 3 is 2.00 bits per heavy atom. The zero-order chi connectivity index (χ0) is 8.48. The zero-order valence-electron chi connectivity index (χ0n) is 7.76. The van der Waals surface area contributed by atoms with Gasteiger partial charge < -0.3 is 0 Å². The van der Waals surface area contributed by atoms with E-state index in [4.69, 9.17) is 0 Å². The lowest BCUT2D eigenvalue weighted by atomic mass is 10.1. The standard InChI is InChI=1S/C8H17N3/c1-6(2)5-9-8(7(3)4)10-11-8/h6-7,9H,5H2,1-4H3. The molecule has 1 N–H and O–H groups in total. The monoisotopic (exact) mass is 155 g/mol. The Balaban J connectivity index is 2.26. The van der Waals surface area contributed by atoms with E-state index < -0.39 is 0 Å². The molecule has 1 aliphatic rings. The molecule has 0 aromatic rings. The molecule has 0 fully saturated rings. The molecular formula is C8H17N3. The van der Waals surface area contributed by atoms with Crippen LogP contribution in [0.25, 0.3) is 0 Å². The van der Waals surface area contributed by atoms with Gasteiger partial charge in [-0.15, -0.1) is 10.2 Å². The molecule has 64 valence electrons. The van der Waals surface area contributed by atoms with Gasteiger partial charge in [-0.3, -0.25) is 5.32 Å². The van der Waals surface area contributed by atoms with Crippen molar-refractivity contribution < 1.29 is 0 Å². The molecule has 0 bridgehead atoms. The van der Waals surface area contributed by atoms with Gasteiger partial charge in [0.05, 0.1) is 0 Å². The van der Waals surface area contributed by atoms with Gasteiger partial charge in [-0.1, -0.05) is 27.7 Å². The lowest BCUT2D eigenvalue weighted by Crippen LogP contribution is -2.39. The van der Waals surface area contributed by atoms with Gasteiger partial charge >= 0.3 is 0 Å². The van der Waals surface area contributed by atoms with Crippen LogP contribution >= 0.6 is 0 Å². The number of hydrogen-bond donors (Lipinski definition) is 1. The van der Waals surface area contributed by atoms with E-state index in [1.807, 2.05) is 0 Å². The van der Waals surface area contributed by atoms with Gasteiger partial charge in [0.2, 0.25) is 5.79 Å². The molecule has 0 aromatic heterocycles. The highest BCUT2D eigenvalue weighted by Crippen LogP contribution is 2.32. The third-order valence-electron chi connectivity index (χ3n) is 1.89. The molecule has 0 saturated carbocycles. The minimum Gasteiger partial charge on any atom is -0.271 e. The topological polar surface area (TPSA) is 36.8 Å². The fourth-order valence-electron chi connectivity index (χ4n) is 0.914. The summed E-state index contributed by atoms with van der Waals surface area (Å²) in [7, 11) is 0. The highest BCUT2D eigenvalue weighted by atomic mass is 15.6. The van der Waals surface area contributed by atoms with Gasteiger partial charge in [0.25, 0.3) is 0 Å². The van der Waals surface area contributed by atoms with Crippen molar-refractivity contribution in [1.29, 1.82) is 0 Å². The molecule has 1 heterocycles. The van der Waals surface area contributed by atoms with Gasteiger partial charge in [0, 0.05) is 12.5 Å². The zero-order valence-corrected chi connectivity index (χ0v) is 7.76. The Morgan fingerprint density at radius 1 is 1.18 bits per heavy atom. The van der Waals surface area contributed by atoms with E-state index >= 15 is 0 Å². The van der Waals surface area contributed by atoms with E-state index in [9.17, 15) is 0 Å². The second kappa shape index (κ2) is 2.89. The van der Waals surface area contributed by atoms with E-state index in [0.717, 1.165) is 6.54 Å². The van der Waals surface area contributed by atoms with Crippen molar-refractivity contribution in [3.8, 4) is 0 Å². The van der Waals surface area contributed by atoms with Crippen LogP contribution < -0.4 is 5.32 Å². The Morgan fingerprint density at radius 2 is 1.73 bits per heavy atom. The average Bonchev–Trinajstić information content (AvgIpc) is 2.63. The molecule has 1 aliphatic heterocycles. The van der Waals surface area contributed by atoms with Crippen molar-refractivity contribution in [1.82, 2.24) is 5.32 Å². The average molecular weight is 155 g/mol. The van der Waals surface area contributed by atoms with Crippen molar-refractivity contribution >= 4 is 0 Å². The third kappa shape index (κ3) is 1.99. The molecule has 3 heteroatoms. The highest BCUT2D eigenvalue weighted by molar-refractivity contribution is 4.93. The summed E-state index contributed by atoms with van der Waals surface area (Å²) >= 11 is 0. The van der Waals surface area contributed by atoms with Crippen molar-refractivity contribution in [3.05, 3.63) is 0 Å². The van der Waals surface area contributed by atoms with Gasteiger partial charge in [-0.2, -0.15) is 0 Å². The second-order valence-electron chi connectivity index (χ2n) is 3.86. The molecule has 0 spiro atoms. The minimum atomic E-state index is -0.218. The number of nitrogens with one attached hydrogen (secondary N) is 1. The van der Waals surface area contributed by atoms with Crippen LogP contribution in [-0.4, -0.2) is 12.3 Å². The number of rotatable bonds is 4. The summed E-state index contributed by atoms with van der Waals surface area (Å²) in [5.74, 6) is 0.919. The maximum atomic E-state index is 4.02. The largest absolute Gasteiger partial charge is 0.271 e. The molecular weight excluding hydrogens is 138 g/mol. The Hall–Kier alpha value is -0.440. The molecule has 0 atom stereocenters. The van der Waals surface area contributed by atoms with E-state index in [1.54, 1.807) is 0 Å². The SMILES string of the molecule is CC(C)CNC1(C(C)C)N=N1. The van der Waals surface area contributed by atoms with Gasteiger partial charge in [0.1, 0.15) is 0 Å². The van der Waals surface area contributed by atoms with Crippen LogP contribution in [-0.2, 0) is 0 Å². The maximum Gasteiger partial charge on any atom is 0.245 e. The van der Waals surface area contributed by atoms with Crippen molar-refractivity contribution in [3.63, 3.8) is 0 Å². The van der Waals surface area contributed by atoms with Crippen LogP contribution in [0.15, 0.2) is 10.2 Å². The van der Waals surface area contributed by atoms with Gasteiger partial charge in [0.15, 0.2) is 0 Å². The Kier molecular flexibility index (Phi) is 2.28. The van der Waals surface area contributed by atoms with Crippen LogP contribution in [0.5, 0.6) is 0 Å². The van der Waals surface area contributed by atoms with Crippen LogP contribution in [0.3, 0.4) is 0 Å². The lowest BCUT2D eigenvalue weighted by Gasteiger charge is -2.17. The molecule has 0 amide bonds. The predicted octanol–water partition coefficient (Wildman–Crippen LogP) is 2.01. The smallest absolute Gasteiger partial charge is 0.245 e. The molecule has 3 nitrogen and oxygen atoms in total. The Labute approximate surface area is 68.3 Å². The molecule has 0 aliphatic carbocycles. The number of hydrogen-bond acceptors (Lipinski definition) is 3. The fourth-order valence-corrected chi connectivity index (χ4v) is 0.914. The summed E-state index contributed by atoms with van der Waals surface area (Å²) in [6, 6.07) is 0. The fraction of sp³-hybridized carbons (Fsp3) is 1.00. The summed E-state index contributed by atoms with van der Waals surface area (Å²) in [4.78, 5) is 0. The lowest BCUT2D eigenvalue weighted by molar-refractivity contribution is 0.335. The Bertz CT molecular complexity index is 155. The van der Waals surface area contributed by atoms with E-state index in [-0.39, 0.29) is 5.79 Å². The summed E-state index contributed by atoms with van der Waals surface area (Å²) < 4.78 is 0. The number of nitrogens with zero attached hydrogens (tertiary/aromatic N) is 2. The van der Waals surface area contributed by atoms with E-state index in [0.29, 0.717) is 11.8 Å². The van der Waals surface area contributed by atoms with Gasteiger partial charge in [-0.05, 0) is 5.92 Å². The predicted molar refractivity (Wildman–Crippen MR) is 45.3 cm³/mol. The van der Waals surface area contributed by atoms with Crippen molar-refractivity contribution in [2.24, 2.45) is 22.1 Å². The van der Waals surface area contributed by atoms with Crippen LogP contribution in [0.2, 0.25) is 0 Å². The first-order valence-corrected chi connectivity index (χ1v) is 4.26. The minimum absolute atomic E-state index is 0.218. The quantitative estimate of drug-likeness (QED) is 0.662. The molecule has 0 aromatic carbocycles. The first-order chi connectivity index (χ1) is 5.07. The first-order valence-electron chi connectivity index (χ1n) is 4.26. The highest BCUT2D eigenvalue weighted by Gasteiger charge is 2.42. The van der Waals surface area contributed by atoms with Crippen LogP contribution in [0, 0.1) is 11.8 Å². The van der Waals surface area contributed by atoms with Crippen molar-refractivity contribution in [2.45, 2.75) is 33.5 Å². The second-order valence-corrected chi connectivity index (χ2v) is 3.86. The van der Waals surface area contributed by atoms with E-state index in [1.165, 1.54) is 0 Å². The van der Waals surface area contributed by atoms with Crippen LogP contribution in [0.4, 0.5) is 0 Å². The summed E-state index contributed by atoms with van der Waals surface area (Å²) in [6.45, 7) is 9.62. The molecule has 11 heavy (non-hydrogen) atoms. The first kappa shape index (κ1) is 8.65. The van der Waals surface area contributed by atoms with Crippen LogP contribution in [0.1, 0.15) is 27.7 Å². The van der Waals surface area contributed by atoms with Crippen molar-refractivity contribution in [2.75, 3.05) is 6.54 Å². The maximum absolute atomic E-state index is 4.02. The molecule has 0 saturated heterocycles. The third-order valence-corrected chi connectivity index (χ3v) is 1.89. The summed E-state index contributed by atoms with van der Waals surface area (Å²) in [6.07, 6.45) is 0.